The molecule has 47 nitrogen and oxygen atoms in total. The number of piperidine rings is 2. The molecule has 3 aliphatic rings. The highest BCUT2D eigenvalue weighted by Gasteiger charge is 2.44. The number of amides is 18. The molecule has 0 bridgehead atoms. The van der Waals surface area contributed by atoms with Crippen molar-refractivity contribution in [1.82, 2.24) is 92.5 Å². The minimum atomic E-state index is -5.55. The van der Waals surface area contributed by atoms with Crippen LogP contribution in [0.2, 0.25) is 0 Å². The Morgan fingerprint density at radius 2 is 1.04 bits per heavy atom. The van der Waals surface area contributed by atoms with Crippen molar-refractivity contribution in [2.75, 3.05) is 112 Å². The molecule has 137 heavy (non-hydrogen) atoms. The molecule has 0 saturated carbocycles. The lowest BCUT2D eigenvalue weighted by molar-refractivity contribution is -0.146. The van der Waals surface area contributed by atoms with Crippen LogP contribution in [0.5, 0.6) is 11.5 Å². The number of fused-ring (bicyclic) bond motifs is 4. The van der Waals surface area contributed by atoms with Crippen LogP contribution in [0.4, 0.5) is 15.3 Å². The number of phosphoric ester groups is 2. The minimum Gasteiger partial charge on any atom is -0.486 e. The fraction of sp³-hybridized carbons (Fsp3) is 0.534. The molecule has 0 aliphatic carbocycles. The Morgan fingerprint density at radius 1 is 0.569 bits per heavy atom. The zero-order valence-electron chi connectivity index (χ0n) is 78.9. The summed E-state index contributed by atoms with van der Waals surface area (Å²) in [5.74, 6) is -15.1. The number of hydrogen-bond acceptors (Lipinski definition) is 27. The quantitative estimate of drug-likeness (QED) is 0.0183. The fourth-order valence-corrected chi connectivity index (χ4v) is 17.1. The van der Waals surface area contributed by atoms with E-state index >= 15 is 14.4 Å². The molecule has 5 heterocycles. The average molecular weight is 1960 g/mol. The van der Waals surface area contributed by atoms with Gasteiger partial charge < -0.3 is 118 Å². The number of anilines is 1. The van der Waals surface area contributed by atoms with Gasteiger partial charge in [0.15, 0.2) is 22.9 Å². The third-order valence-electron chi connectivity index (χ3n) is 22.2. The van der Waals surface area contributed by atoms with Gasteiger partial charge in [0, 0.05) is 90.8 Å². The molecule has 2 aromatic heterocycles. The Bertz CT molecular complexity index is 5350. The van der Waals surface area contributed by atoms with E-state index in [1.54, 1.807) is 129 Å². The first-order valence-corrected chi connectivity index (χ1v) is 47.5. The Labute approximate surface area is 791 Å². The first-order valence-electron chi connectivity index (χ1n) is 44.5. The van der Waals surface area contributed by atoms with Crippen LogP contribution in [0.3, 0.4) is 0 Å². The van der Waals surface area contributed by atoms with Crippen LogP contribution in [0, 0.1) is 17.8 Å². The highest BCUT2D eigenvalue weighted by Crippen LogP contribution is 2.60. The maximum atomic E-state index is 15.5. The van der Waals surface area contributed by atoms with E-state index < -0.39 is 252 Å². The number of urea groups is 1. The number of alkyl carbamates (subject to hydrolysis) is 1. The van der Waals surface area contributed by atoms with Crippen molar-refractivity contribution in [3.63, 3.8) is 0 Å². The lowest BCUT2D eigenvalue weighted by atomic mass is 9.99. The number of hydrogen-bond donors (Lipinski definition) is 14. The van der Waals surface area contributed by atoms with Crippen LogP contribution in [0.15, 0.2) is 84.9 Å². The molecule has 49 heteroatoms. The number of rotatable bonds is 29. The van der Waals surface area contributed by atoms with Crippen molar-refractivity contribution in [2.45, 2.75) is 181 Å². The van der Waals surface area contributed by atoms with E-state index in [4.69, 9.17) is 24.5 Å². The highest BCUT2D eigenvalue weighted by atomic mass is 31.3. The van der Waals surface area contributed by atoms with Crippen LogP contribution >= 0.6 is 15.6 Å². The van der Waals surface area contributed by atoms with Gasteiger partial charge in [-0.2, -0.15) is 4.31 Å². The second-order valence-electron chi connectivity index (χ2n) is 35.1. The van der Waals surface area contributed by atoms with Gasteiger partial charge in [-0.15, -0.1) is 0 Å². The van der Waals surface area contributed by atoms with E-state index in [-0.39, 0.29) is 81.1 Å². The van der Waals surface area contributed by atoms with E-state index in [9.17, 15) is 86.0 Å². The zero-order chi connectivity index (χ0) is 101. The summed E-state index contributed by atoms with van der Waals surface area (Å²) >= 11 is 0. The maximum absolute atomic E-state index is 15.5. The van der Waals surface area contributed by atoms with E-state index in [1.165, 1.54) is 51.3 Å². The summed E-state index contributed by atoms with van der Waals surface area (Å²) in [4.78, 5) is 276. The molecule has 2 unspecified atom stereocenters. The van der Waals surface area contributed by atoms with Gasteiger partial charge in [0.1, 0.15) is 60.5 Å². The number of phosphoric acid groups is 2. The van der Waals surface area contributed by atoms with Gasteiger partial charge in [-0.1, -0.05) is 90.1 Å². The summed E-state index contributed by atoms with van der Waals surface area (Å²) in [7, 11) is -5.83. The van der Waals surface area contributed by atoms with Crippen LogP contribution in [0.1, 0.15) is 147 Å². The van der Waals surface area contributed by atoms with E-state index in [1.807, 2.05) is 0 Å². The molecule has 3 aromatic carbocycles. The van der Waals surface area contributed by atoms with Crippen molar-refractivity contribution < 1.29 is 128 Å². The molecule has 8 rings (SSSR count). The Kier molecular flexibility index (Phi) is 40.0. The summed E-state index contributed by atoms with van der Waals surface area (Å²) in [6.45, 7) is 8.93. The number of nitrogens with one attached hydrogen (secondary N) is 11. The third kappa shape index (κ3) is 32.6. The summed E-state index contributed by atoms with van der Waals surface area (Å²) in [6, 6.07) is 9.86. The predicted molar refractivity (Wildman–Crippen MR) is 493 cm³/mol. The van der Waals surface area contributed by atoms with E-state index in [0.29, 0.717) is 47.5 Å². The number of pyridine rings is 2. The maximum Gasteiger partial charge on any atom is 0.484 e. The molecule has 18 amide bonds. The van der Waals surface area contributed by atoms with Crippen LogP contribution in [-0.2, 0) is 96.2 Å². The lowest BCUT2D eigenvalue weighted by Crippen LogP contribution is -2.61. The number of aromatic nitrogens is 2. The number of nitrogens with two attached hydrogens (primary N) is 1. The number of nitrogens with zero attached hydrogens (tertiary/aromatic N) is 8. The van der Waals surface area contributed by atoms with E-state index in [0.717, 1.165) is 31.4 Å². The minimum absolute atomic E-state index is 0.0119. The molecule has 748 valence electrons. The number of para-hydroxylation sites is 2. The van der Waals surface area contributed by atoms with Crippen molar-refractivity contribution in [1.29, 1.82) is 0 Å². The van der Waals surface area contributed by atoms with Gasteiger partial charge in [-0.3, -0.25) is 76.4 Å². The number of carbonyl (C=O) groups excluding carboxylic acids is 17. The molecule has 15 N–H and O–H groups in total. The summed E-state index contributed by atoms with van der Waals surface area (Å²) in [5, 5.41) is 29.4. The molecule has 0 radical (unpaired) electrons. The summed E-state index contributed by atoms with van der Waals surface area (Å²) in [6.07, 6.45) is 0.743. The molecular formula is C88H124N20O27P2. The lowest BCUT2D eigenvalue weighted by Gasteiger charge is -2.37. The zero-order valence-corrected chi connectivity index (χ0v) is 80.7. The molecular weight excluding hydrogens is 1830 g/mol. The Hall–Kier alpha value is -13.1. The Morgan fingerprint density at radius 3 is 1.49 bits per heavy atom. The topological polar surface area (TPSA) is 624 Å². The number of likely N-dealkylation sites (N-methyl/N-ethyl adjacent to an activating group) is 4. The summed E-state index contributed by atoms with van der Waals surface area (Å²) < 4.78 is 56.7. The smallest absolute Gasteiger partial charge is 0.484 e. The molecule has 5 aromatic rings. The first-order chi connectivity index (χ1) is 64.5. The second-order valence-corrected chi connectivity index (χ2v) is 38.1. The van der Waals surface area contributed by atoms with Crippen molar-refractivity contribution in [3.8, 4) is 11.5 Å². The third-order valence-corrected chi connectivity index (χ3v) is 24.8. The van der Waals surface area contributed by atoms with Crippen LogP contribution in [-0.4, -0.2) is 311 Å². The number of primary amides is 1. The predicted octanol–water partition coefficient (Wildman–Crippen LogP) is 1.53. The highest BCUT2D eigenvalue weighted by molar-refractivity contribution is 7.61. The molecule has 3 fully saturated rings. The van der Waals surface area contributed by atoms with Gasteiger partial charge in [0.2, 0.25) is 83.6 Å². The monoisotopic (exact) mass is 1950 g/mol. The standard InChI is InChI=1S/C88H124N20O27P2/c1-50(2)71(102-87(125)134-88(8,9)10)79(117)99-60(28-23-35-91-86(89)124)76(114)96-57-33-31-54(32-34-57)48-130-65-40-55-24-15-17-26-58(55)97-72(65)80(118)100-61-42-92-82(120)74(51(3)4)105(13)69(112)46-103(11)68(111)45-95-78(116)64-30-20-22-38-108(64)85(123)62(43-93-83(121)75(52(5)6)106(14)70(113)47-104(12)67(110)44-94-77(115)63-29-19-21-37-107(63)84(61)122)101-81(119)73-66(41-56-25-16-18-27-59(56)98-73)131-49-133-137(128,129)135-136(126,127)132-39-36-90-53(7)109/h15-18,24-27,31-34,40-41,50-52,60-64,71,74-75H,19-23,28-30,35-39,42-49H2,1-14H3,(H,90,109)(H,92,120)(H,93,121)(H,94,115)(H,95,116)(H,96,114)(H,99,117)(H,100,118)(H,101,119)(H,102,125)(H,126,127)(H,128,129)(H3,89,91,124)/t60-,61+,62+,63-,64-,71-,74-,75-/m0/s1. The van der Waals surface area contributed by atoms with Crippen molar-refractivity contribution >= 4 is 144 Å². The van der Waals surface area contributed by atoms with E-state index in [2.05, 4.69) is 77.3 Å². The van der Waals surface area contributed by atoms with Crippen molar-refractivity contribution in [3.05, 3.63) is 102 Å². The molecule has 3 aliphatic heterocycles. The number of ether oxygens (including phenoxy) is 3. The normalized spacial score (nSPS) is 20.3. The van der Waals surface area contributed by atoms with Gasteiger partial charge >= 0.3 is 27.8 Å². The van der Waals surface area contributed by atoms with Crippen LogP contribution < -0.4 is 73.7 Å². The number of benzene rings is 3. The van der Waals surface area contributed by atoms with Crippen molar-refractivity contribution in [2.24, 2.45) is 23.5 Å². The first kappa shape index (κ1) is 109. The van der Waals surface area contributed by atoms with Gasteiger partial charge in [0.05, 0.1) is 43.8 Å². The molecule has 0 spiro atoms. The van der Waals surface area contributed by atoms with Gasteiger partial charge in [0.25, 0.3) is 11.8 Å². The van der Waals surface area contributed by atoms with Crippen LogP contribution in [0.25, 0.3) is 21.8 Å². The number of carbonyl (C=O) groups is 17. The largest absolute Gasteiger partial charge is 0.486 e. The average Bonchev–Trinajstić information content (AvgIpc) is 0.892. The van der Waals surface area contributed by atoms with Gasteiger partial charge in [-0.05, 0) is 132 Å². The SMILES string of the molecule is CC(=O)NCCOP(=O)(O)OP(=O)(O)OCOc1cc2ccccc2nc1C(=O)N[C@@H]1CNC(=O)[C@H](C(C)C)N(C)C(=O)CN(C)C(=O)CNC(=O)[C@@H]2CCCCN2C(=O)[C@H](NC(=O)c2nc3ccccc3cc2OCc2ccc(NC(=O)[C@H](CCCNC(N)=O)NC(=O)[C@@H](NC(=O)OC(C)(C)C)C(C)C)cc2)CNC(=O)[C@H](C(C)C)N(C)C(=O)CN(C)C(=O)CNC(=O)[C@@H]2CCCCN2C1=O. The molecule has 10 atom stereocenters. The summed E-state index contributed by atoms with van der Waals surface area (Å²) in [5.41, 5.74) is 4.65. The Balaban J connectivity index is 1.05. The fourth-order valence-electron chi connectivity index (χ4n) is 15.2. The van der Waals surface area contributed by atoms with Gasteiger partial charge in [-0.25, -0.2) is 33.2 Å². The second kappa shape index (κ2) is 50.1. The molecule has 3 saturated heterocycles.